The maximum Gasteiger partial charge on any atom is 0.303 e. The number of hydrogen-bond donors (Lipinski definition) is 2. The van der Waals surface area contributed by atoms with Gasteiger partial charge in [-0.25, -0.2) is 0 Å². The number of hydrogen-bond acceptors (Lipinski definition) is 4. The molecule has 1 atom stereocenters. The Balaban J connectivity index is 2.17. The first-order valence-electron chi connectivity index (χ1n) is 8.18. The number of nitrogens with zero attached hydrogens (tertiary/aromatic N) is 1. The van der Waals surface area contributed by atoms with Gasteiger partial charge in [0.15, 0.2) is 0 Å². The number of benzene rings is 2. The Kier molecular flexibility index (Phi) is 6.43. The molecule has 0 aliphatic rings. The molecule has 2 aromatic rings. The van der Waals surface area contributed by atoms with E-state index < -0.39 is 16.8 Å². The maximum atomic E-state index is 12.5. The summed E-state index contributed by atoms with van der Waals surface area (Å²) >= 11 is 0. The summed E-state index contributed by atoms with van der Waals surface area (Å²) < 4.78 is 0. The van der Waals surface area contributed by atoms with Crippen molar-refractivity contribution in [2.24, 2.45) is 0 Å². The third-order valence-electron chi connectivity index (χ3n) is 3.90. The van der Waals surface area contributed by atoms with Crippen molar-refractivity contribution in [2.45, 2.75) is 32.2 Å². The van der Waals surface area contributed by atoms with Gasteiger partial charge in [0.25, 0.3) is 11.6 Å². The van der Waals surface area contributed by atoms with Crippen LogP contribution in [-0.2, 0) is 11.2 Å². The van der Waals surface area contributed by atoms with Crippen LogP contribution in [0.4, 0.5) is 5.69 Å². The monoisotopic (exact) mass is 356 g/mol. The van der Waals surface area contributed by atoms with Gasteiger partial charge in [-0.2, -0.15) is 0 Å². The summed E-state index contributed by atoms with van der Waals surface area (Å²) in [7, 11) is 0. The molecule has 0 saturated carbocycles. The molecule has 1 amide bonds. The topological polar surface area (TPSA) is 110 Å². The second kappa shape index (κ2) is 8.75. The highest BCUT2D eigenvalue weighted by Crippen LogP contribution is 2.17. The molecule has 0 aliphatic carbocycles. The lowest BCUT2D eigenvalue weighted by molar-refractivity contribution is -0.384. The van der Waals surface area contributed by atoms with Crippen LogP contribution in [0.15, 0.2) is 48.5 Å². The summed E-state index contributed by atoms with van der Waals surface area (Å²) in [6.45, 7) is 1.68. The number of nitrogens with one attached hydrogen (secondary N) is 1. The lowest BCUT2D eigenvalue weighted by atomic mass is 10.0. The van der Waals surface area contributed by atoms with Crippen LogP contribution >= 0.6 is 0 Å². The molecule has 0 aliphatic heterocycles. The van der Waals surface area contributed by atoms with Gasteiger partial charge in [-0.15, -0.1) is 0 Å². The first kappa shape index (κ1) is 19.1. The average Bonchev–Trinajstić information content (AvgIpc) is 2.59. The molecule has 2 aromatic carbocycles. The Hall–Kier alpha value is -3.22. The van der Waals surface area contributed by atoms with Crippen LogP contribution in [0.1, 0.15) is 34.3 Å². The Morgan fingerprint density at radius 3 is 2.50 bits per heavy atom. The lowest BCUT2D eigenvalue weighted by Crippen LogP contribution is -2.37. The number of non-ortho nitro benzene ring substituents is 1. The van der Waals surface area contributed by atoms with E-state index in [-0.39, 0.29) is 30.1 Å². The average molecular weight is 356 g/mol. The number of carbonyl (C=O) groups is 2. The van der Waals surface area contributed by atoms with Gasteiger partial charge in [0, 0.05) is 30.2 Å². The van der Waals surface area contributed by atoms with Crippen molar-refractivity contribution >= 4 is 17.6 Å². The fourth-order valence-electron chi connectivity index (χ4n) is 2.69. The number of carboxylic acid groups (broad SMARTS) is 1. The summed E-state index contributed by atoms with van der Waals surface area (Å²) in [4.78, 5) is 33.9. The molecule has 0 bridgehead atoms. The molecule has 1 unspecified atom stereocenters. The van der Waals surface area contributed by atoms with E-state index in [0.717, 1.165) is 5.56 Å². The van der Waals surface area contributed by atoms with Crippen molar-refractivity contribution in [3.8, 4) is 0 Å². The fourth-order valence-corrected chi connectivity index (χ4v) is 2.69. The van der Waals surface area contributed by atoms with E-state index in [2.05, 4.69) is 5.32 Å². The minimum Gasteiger partial charge on any atom is -0.481 e. The maximum absolute atomic E-state index is 12.5. The quantitative estimate of drug-likeness (QED) is 0.558. The van der Waals surface area contributed by atoms with Gasteiger partial charge >= 0.3 is 5.97 Å². The molecule has 0 spiro atoms. The highest BCUT2D eigenvalue weighted by molar-refractivity contribution is 5.95. The largest absolute Gasteiger partial charge is 0.481 e. The van der Waals surface area contributed by atoms with E-state index in [1.165, 1.54) is 12.1 Å². The van der Waals surface area contributed by atoms with Crippen LogP contribution in [0.5, 0.6) is 0 Å². The standard InChI is InChI=1S/C19H20N2O5/c1-13-9-15(12-17(10-13)21(25)26)19(24)20-16(7-8-18(22)23)11-14-5-3-2-4-6-14/h2-6,9-10,12,16H,7-8,11H2,1H3,(H,20,24)(H,22,23). The van der Waals surface area contributed by atoms with Crippen LogP contribution in [0.2, 0.25) is 0 Å². The second-order valence-electron chi connectivity index (χ2n) is 6.11. The Morgan fingerprint density at radius 2 is 1.88 bits per heavy atom. The summed E-state index contributed by atoms with van der Waals surface area (Å²) in [5.41, 5.74) is 1.61. The molecule has 136 valence electrons. The number of aliphatic carboxylic acids is 1. The van der Waals surface area contributed by atoms with Gasteiger partial charge in [-0.05, 0) is 37.0 Å². The Labute approximate surface area is 150 Å². The van der Waals surface area contributed by atoms with Gasteiger partial charge in [0.2, 0.25) is 0 Å². The number of amides is 1. The molecule has 0 aromatic heterocycles. The van der Waals surface area contributed by atoms with E-state index in [9.17, 15) is 19.7 Å². The summed E-state index contributed by atoms with van der Waals surface area (Å²) in [5.74, 6) is -1.40. The van der Waals surface area contributed by atoms with Crippen LogP contribution in [0, 0.1) is 17.0 Å². The van der Waals surface area contributed by atoms with E-state index in [1.54, 1.807) is 13.0 Å². The number of nitro groups is 1. The minimum atomic E-state index is -0.941. The summed E-state index contributed by atoms with van der Waals surface area (Å²) in [6, 6.07) is 13.2. The Bertz CT molecular complexity index is 805. The molecule has 0 radical (unpaired) electrons. The summed E-state index contributed by atoms with van der Waals surface area (Å²) in [5, 5.41) is 22.7. The molecule has 2 rings (SSSR count). The normalized spacial score (nSPS) is 11.6. The molecule has 2 N–H and O–H groups in total. The highest BCUT2D eigenvalue weighted by Gasteiger charge is 2.18. The number of rotatable bonds is 8. The van der Waals surface area contributed by atoms with Gasteiger partial charge in [-0.3, -0.25) is 19.7 Å². The van der Waals surface area contributed by atoms with Gasteiger partial charge in [0.1, 0.15) is 0 Å². The van der Waals surface area contributed by atoms with Crippen LogP contribution in [0.25, 0.3) is 0 Å². The molecule has 7 nitrogen and oxygen atoms in total. The van der Waals surface area contributed by atoms with Crippen molar-refractivity contribution in [3.05, 3.63) is 75.3 Å². The molecule has 26 heavy (non-hydrogen) atoms. The van der Waals surface area contributed by atoms with Crippen molar-refractivity contribution in [1.29, 1.82) is 0 Å². The van der Waals surface area contributed by atoms with E-state index >= 15 is 0 Å². The van der Waals surface area contributed by atoms with Crippen LogP contribution in [-0.4, -0.2) is 27.9 Å². The molecule has 0 heterocycles. The fraction of sp³-hybridized carbons (Fsp3) is 0.263. The third-order valence-corrected chi connectivity index (χ3v) is 3.90. The molecule has 0 fully saturated rings. The van der Waals surface area contributed by atoms with Gasteiger partial charge < -0.3 is 10.4 Å². The first-order valence-corrected chi connectivity index (χ1v) is 8.18. The summed E-state index contributed by atoms with van der Waals surface area (Å²) in [6.07, 6.45) is 0.670. The minimum absolute atomic E-state index is 0.0776. The van der Waals surface area contributed by atoms with Gasteiger partial charge in [0.05, 0.1) is 4.92 Å². The molecule has 7 heteroatoms. The van der Waals surface area contributed by atoms with Crippen molar-refractivity contribution in [2.75, 3.05) is 0 Å². The predicted molar refractivity (Wildman–Crippen MR) is 96.1 cm³/mol. The van der Waals surface area contributed by atoms with Crippen LogP contribution in [0.3, 0.4) is 0 Å². The first-order chi connectivity index (χ1) is 12.3. The smallest absolute Gasteiger partial charge is 0.303 e. The van der Waals surface area contributed by atoms with Gasteiger partial charge in [-0.1, -0.05) is 30.3 Å². The zero-order valence-electron chi connectivity index (χ0n) is 14.3. The SMILES string of the molecule is Cc1cc(C(=O)NC(CCC(=O)O)Cc2ccccc2)cc([N+](=O)[O-])c1. The molecular weight excluding hydrogens is 336 g/mol. The number of nitro benzene ring substituents is 1. The van der Waals surface area contributed by atoms with Crippen molar-refractivity contribution in [3.63, 3.8) is 0 Å². The molecular formula is C19H20N2O5. The van der Waals surface area contributed by atoms with E-state index in [1.807, 2.05) is 30.3 Å². The number of carboxylic acids is 1. The zero-order valence-corrected chi connectivity index (χ0v) is 14.3. The third kappa shape index (κ3) is 5.70. The second-order valence-corrected chi connectivity index (χ2v) is 6.11. The molecule has 0 saturated heterocycles. The zero-order chi connectivity index (χ0) is 19.1. The predicted octanol–water partition coefficient (Wildman–Crippen LogP) is 3.11. The number of carbonyl (C=O) groups excluding carboxylic acids is 1. The lowest BCUT2D eigenvalue weighted by Gasteiger charge is -2.18. The van der Waals surface area contributed by atoms with Crippen molar-refractivity contribution < 1.29 is 19.6 Å². The van der Waals surface area contributed by atoms with E-state index in [4.69, 9.17) is 5.11 Å². The van der Waals surface area contributed by atoms with Crippen molar-refractivity contribution in [1.82, 2.24) is 5.32 Å². The Morgan fingerprint density at radius 1 is 1.19 bits per heavy atom. The van der Waals surface area contributed by atoms with Crippen LogP contribution < -0.4 is 5.32 Å². The number of aryl methyl sites for hydroxylation is 1. The highest BCUT2D eigenvalue weighted by atomic mass is 16.6. The van der Waals surface area contributed by atoms with E-state index in [0.29, 0.717) is 12.0 Å².